The third-order valence-corrected chi connectivity index (χ3v) is 4.97. The zero-order valence-electron chi connectivity index (χ0n) is 16.2. The number of carbonyl (C=O) groups is 2. The van der Waals surface area contributed by atoms with Crippen LogP contribution in [0.5, 0.6) is 0 Å². The number of benzene rings is 2. The van der Waals surface area contributed by atoms with Gasteiger partial charge in [-0.15, -0.1) is 0 Å². The van der Waals surface area contributed by atoms with Gasteiger partial charge in [0.1, 0.15) is 5.69 Å². The van der Waals surface area contributed by atoms with E-state index in [2.05, 4.69) is 29.5 Å². The number of nitrogens with one attached hydrogen (secondary N) is 3. The Kier molecular flexibility index (Phi) is 4.91. The number of furan rings is 1. The summed E-state index contributed by atoms with van der Waals surface area (Å²) in [5.41, 5.74) is 5.33. The Morgan fingerprint density at radius 2 is 1.86 bits per heavy atom. The van der Waals surface area contributed by atoms with Crippen LogP contribution in [0, 0.1) is 13.8 Å². The number of rotatable bonds is 5. The van der Waals surface area contributed by atoms with Gasteiger partial charge in [0.15, 0.2) is 5.76 Å². The summed E-state index contributed by atoms with van der Waals surface area (Å²) < 4.78 is 5.09. The first-order valence-corrected chi connectivity index (χ1v) is 9.32. The molecule has 146 valence electrons. The quantitative estimate of drug-likeness (QED) is 0.469. The molecule has 4 rings (SSSR count). The maximum absolute atomic E-state index is 12.6. The number of aromatic amines is 1. The molecule has 2 amide bonds. The van der Waals surface area contributed by atoms with Crippen LogP contribution in [0.1, 0.15) is 37.7 Å². The van der Waals surface area contributed by atoms with Crippen LogP contribution in [0.2, 0.25) is 0 Å². The molecule has 0 saturated heterocycles. The van der Waals surface area contributed by atoms with E-state index in [9.17, 15) is 9.59 Å². The lowest BCUT2D eigenvalue weighted by Gasteiger charge is -2.07. The minimum absolute atomic E-state index is 0.178. The number of hydrogen-bond donors (Lipinski definition) is 3. The summed E-state index contributed by atoms with van der Waals surface area (Å²) in [5.74, 6) is -0.253. The van der Waals surface area contributed by atoms with Crippen LogP contribution < -0.4 is 10.6 Å². The second-order valence-electron chi connectivity index (χ2n) is 6.97. The van der Waals surface area contributed by atoms with Crippen molar-refractivity contribution in [3.8, 4) is 0 Å². The predicted molar refractivity (Wildman–Crippen MR) is 112 cm³/mol. The fraction of sp³-hybridized carbons (Fsp3) is 0.130. The SMILES string of the molecule is Cc1ccc2[nH]c(C(=O)NCc3cccc(NC(=O)c4ccco4)c3)cc2c1C. The van der Waals surface area contributed by atoms with Crippen molar-refractivity contribution >= 4 is 28.4 Å². The summed E-state index contributed by atoms with van der Waals surface area (Å²) in [6, 6.07) is 16.5. The van der Waals surface area contributed by atoms with Gasteiger partial charge in [0.2, 0.25) is 0 Å². The Morgan fingerprint density at radius 1 is 1.00 bits per heavy atom. The number of aromatic nitrogens is 1. The summed E-state index contributed by atoms with van der Waals surface area (Å²) in [4.78, 5) is 27.8. The highest BCUT2D eigenvalue weighted by Crippen LogP contribution is 2.22. The van der Waals surface area contributed by atoms with Crippen LogP contribution >= 0.6 is 0 Å². The first kappa shape index (κ1) is 18.6. The lowest BCUT2D eigenvalue weighted by Crippen LogP contribution is -2.23. The fourth-order valence-corrected chi connectivity index (χ4v) is 3.22. The van der Waals surface area contributed by atoms with Crippen molar-refractivity contribution in [1.82, 2.24) is 10.3 Å². The minimum Gasteiger partial charge on any atom is -0.459 e. The van der Waals surface area contributed by atoms with E-state index in [1.165, 1.54) is 11.8 Å². The van der Waals surface area contributed by atoms with Gasteiger partial charge in [-0.1, -0.05) is 18.2 Å². The van der Waals surface area contributed by atoms with Crippen molar-refractivity contribution in [2.75, 3.05) is 5.32 Å². The first-order valence-electron chi connectivity index (χ1n) is 9.32. The molecular formula is C23H21N3O3. The molecule has 29 heavy (non-hydrogen) atoms. The molecule has 0 aliphatic rings. The summed E-state index contributed by atoms with van der Waals surface area (Å²) in [5, 5.41) is 6.75. The maximum Gasteiger partial charge on any atom is 0.291 e. The molecule has 0 atom stereocenters. The van der Waals surface area contributed by atoms with Gasteiger partial charge in [-0.2, -0.15) is 0 Å². The van der Waals surface area contributed by atoms with Crippen molar-refractivity contribution in [1.29, 1.82) is 0 Å². The molecule has 0 saturated carbocycles. The predicted octanol–water partition coefficient (Wildman–Crippen LogP) is 4.56. The van der Waals surface area contributed by atoms with E-state index in [4.69, 9.17) is 4.42 Å². The normalized spacial score (nSPS) is 10.8. The molecule has 6 heteroatoms. The summed E-state index contributed by atoms with van der Waals surface area (Å²) >= 11 is 0. The summed E-state index contributed by atoms with van der Waals surface area (Å²) in [6.45, 7) is 4.45. The van der Waals surface area contributed by atoms with E-state index in [1.807, 2.05) is 36.4 Å². The Balaban J connectivity index is 1.43. The van der Waals surface area contributed by atoms with Crippen molar-refractivity contribution in [3.05, 3.63) is 89.0 Å². The van der Waals surface area contributed by atoms with Crippen molar-refractivity contribution < 1.29 is 14.0 Å². The molecule has 6 nitrogen and oxygen atoms in total. The number of H-pyrrole nitrogens is 1. The van der Waals surface area contributed by atoms with Crippen LogP contribution in [0.3, 0.4) is 0 Å². The van der Waals surface area contributed by atoms with Gasteiger partial charge in [-0.3, -0.25) is 9.59 Å². The van der Waals surface area contributed by atoms with Gasteiger partial charge in [0, 0.05) is 23.1 Å². The number of aryl methyl sites for hydroxylation is 2. The van der Waals surface area contributed by atoms with E-state index in [-0.39, 0.29) is 17.6 Å². The van der Waals surface area contributed by atoms with Crippen LogP contribution in [0.15, 0.2) is 65.3 Å². The first-order chi connectivity index (χ1) is 14.0. The Labute approximate surface area is 167 Å². The van der Waals surface area contributed by atoms with E-state index < -0.39 is 0 Å². The molecule has 3 N–H and O–H groups in total. The van der Waals surface area contributed by atoms with Crippen LogP contribution in [0.25, 0.3) is 10.9 Å². The van der Waals surface area contributed by atoms with Crippen LogP contribution in [0.4, 0.5) is 5.69 Å². The molecule has 0 aliphatic carbocycles. The number of hydrogen-bond acceptors (Lipinski definition) is 3. The Hall–Kier alpha value is -3.80. The minimum atomic E-state index is -0.320. The zero-order valence-corrected chi connectivity index (χ0v) is 16.2. The van der Waals surface area contributed by atoms with Crippen molar-refractivity contribution in [2.45, 2.75) is 20.4 Å². The third-order valence-electron chi connectivity index (χ3n) is 4.97. The van der Waals surface area contributed by atoms with Crippen molar-refractivity contribution in [2.24, 2.45) is 0 Å². The molecule has 0 spiro atoms. The molecule has 2 aromatic carbocycles. The lowest BCUT2D eigenvalue weighted by molar-refractivity contribution is 0.0945. The van der Waals surface area contributed by atoms with Gasteiger partial charge >= 0.3 is 0 Å². The molecule has 0 aliphatic heterocycles. The average molecular weight is 387 g/mol. The average Bonchev–Trinajstić information content (AvgIpc) is 3.39. The molecular weight excluding hydrogens is 366 g/mol. The number of fused-ring (bicyclic) bond motifs is 1. The van der Waals surface area contributed by atoms with Gasteiger partial charge in [0.05, 0.1) is 6.26 Å². The Bertz CT molecular complexity index is 1190. The third kappa shape index (κ3) is 3.91. The number of carbonyl (C=O) groups excluding carboxylic acids is 2. The van der Waals surface area contributed by atoms with E-state index in [1.54, 1.807) is 18.2 Å². The molecule has 0 bridgehead atoms. The van der Waals surface area contributed by atoms with Gasteiger partial charge in [0.25, 0.3) is 11.8 Å². The second-order valence-corrected chi connectivity index (χ2v) is 6.97. The Morgan fingerprint density at radius 3 is 2.66 bits per heavy atom. The molecule has 0 unspecified atom stereocenters. The van der Waals surface area contributed by atoms with E-state index in [0.29, 0.717) is 17.9 Å². The monoisotopic (exact) mass is 387 g/mol. The smallest absolute Gasteiger partial charge is 0.291 e. The number of amides is 2. The molecule has 2 aromatic heterocycles. The van der Waals surface area contributed by atoms with E-state index in [0.717, 1.165) is 22.0 Å². The summed E-state index contributed by atoms with van der Waals surface area (Å²) in [6.07, 6.45) is 1.45. The van der Waals surface area contributed by atoms with Crippen molar-refractivity contribution in [3.63, 3.8) is 0 Å². The number of anilines is 1. The highest BCUT2D eigenvalue weighted by molar-refractivity contribution is 6.02. The standard InChI is InChI=1S/C23H21N3O3/c1-14-8-9-19-18(15(14)2)12-20(26-19)22(27)24-13-16-5-3-6-17(11-16)25-23(28)21-7-4-10-29-21/h3-12,26H,13H2,1-2H3,(H,24,27)(H,25,28). The molecule has 0 fully saturated rings. The highest BCUT2D eigenvalue weighted by Gasteiger charge is 2.12. The van der Waals surface area contributed by atoms with Crippen LogP contribution in [-0.4, -0.2) is 16.8 Å². The highest BCUT2D eigenvalue weighted by atomic mass is 16.3. The molecule has 0 radical (unpaired) electrons. The second kappa shape index (κ2) is 7.67. The molecule has 4 aromatic rings. The topological polar surface area (TPSA) is 87.1 Å². The van der Waals surface area contributed by atoms with E-state index >= 15 is 0 Å². The largest absolute Gasteiger partial charge is 0.459 e. The lowest BCUT2D eigenvalue weighted by atomic mass is 10.1. The van der Waals surface area contributed by atoms with Gasteiger partial charge in [-0.25, -0.2) is 0 Å². The van der Waals surface area contributed by atoms with Gasteiger partial charge < -0.3 is 20.0 Å². The molecule has 2 heterocycles. The van der Waals surface area contributed by atoms with Crippen LogP contribution in [-0.2, 0) is 6.54 Å². The maximum atomic E-state index is 12.6. The van der Waals surface area contributed by atoms with Gasteiger partial charge in [-0.05, 0) is 66.9 Å². The summed E-state index contributed by atoms with van der Waals surface area (Å²) in [7, 11) is 0. The zero-order chi connectivity index (χ0) is 20.4. The fourth-order valence-electron chi connectivity index (χ4n) is 3.22.